The molecule has 3 unspecified atom stereocenters. The largest absolute Gasteiger partial charge is 0.387 e. The van der Waals surface area contributed by atoms with Crippen molar-refractivity contribution in [1.82, 2.24) is 10.3 Å². The van der Waals surface area contributed by atoms with Crippen LogP contribution in [0.15, 0.2) is 47.7 Å². The molecule has 3 atom stereocenters. The highest BCUT2D eigenvalue weighted by Crippen LogP contribution is 2.66. The van der Waals surface area contributed by atoms with Crippen molar-refractivity contribution < 1.29 is 14.3 Å². The van der Waals surface area contributed by atoms with Crippen molar-refractivity contribution in [2.45, 2.75) is 78.9 Å². The first-order chi connectivity index (χ1) is 20.3. The van der Waals surface area contributed by atoms with Crippen LogP contribution < -0.4 is 10.2 Å². The third-order valence-electron chi connectivity index (χ3n) is 9.54. The first-order valence-corrected chi connectivity index (χ1v) is 15.4. The summed E-state index contributed by atoms with van der Waals surface area (Å²) in [7, 11) is 0. The Morgan fingerprint density at radius 1 is 1.19 bits per heavy atom. The van der Waals surface area contributed by atoms with E-state index in [1.165, 1.54) is 23.8 Å². The topological polar surface area (TPSA) is 95.4 Å². The molecule has 7 nitrogen and oxygen atoms in total. The van der Waals surface area contributed by atoms with Gasteiger partial charge < -0.3 is 20.4 Å². The maximum absolute atomic E-state index is 12.3. The molecule has 1 aromatic heterocycles. The van der Waals surface area contributed by atoms with Crippen LogP contribution in [0.2, 0.25) is 0 Å². The second kappa shape index (κ2) is 12.3. The van der Waals surface area contributed by atoms with Crippen molar-refractivity contribution in [1.29, 1.82) is 5.41 Å². The van der Waals surface area contributed by atoms with Crippen LogP contribution in [0, 0.1) is 16.2 Å². The normalized spacial score (nSPS) is 25.0. The van der Waals surface area contributed by atoms with Gasteiger partial charge in [0, 0.05) is 60.3 Å². The highest BCUT2D eigenvalue weighted by atomic mass is 16.5. The van der Waals surface area contributed by atoms with E-state index >= 15 is 0 Å². The first kappa shape index (κ1) is 29.9. The van der Waals surface area contributed by atoms with Crippen molar-refractivity contribution in [3.63, 3.8) is 0 Å². The molecule has 0 radical (unpaired) electrons. The number of aldehydes is 2. The molecule has 42 heavy (non-hydrogen) atoms. The molecule has 0 spiro atoms. The Kier molecular flexibility index (Phi) is 8.78. The second-order valence-electron chi connectivity index (χ2n) is 12.5. The fraction of sp³-hybridized carbons (Fsp3) is 0.486. The summed E-state index contributed by atoms with van der Waals surface area (Å²) < 4.78 is 6.18. The molecule has 1 saturated carbocycles. The van der Waals surface area contributed by atoms with Crippen molar-refractivity contribution in [3.8, 4) is 0 Å². The molecular formula is C35H44N4O3. The number of fused-ring (bicyclic) bond motifs is 2. The Hall–Kier alpha value is -3.58. The lowest BCUT2D eigenvalue weighted by molar-refractivity contribution is 0.0265. The van der Waals surface area contributed by atoms with Crippen LogP contribution in [-0.4, -0.2) is 49.6 Å². The maximum atomic E-state index is 12.3. The van der Waals surface area contributed by atoms with Crippen molar-refractivity contribution in [3.05, 3.63) is 75.6 Å². The van der Waals surface area contributed by atoms with E-state index in [-0.39, 0.29) is 16.9 Å². The van der Waals surface area contributed by atoms with E-state index in [2.05, 4.69) is 43.1 Å². The third kappa shape index (κ3) is 5.47. The van der Waals surface area contributed by atoms with E-state index in [1.54, 1.807) is 0 Å². The lowest BCUT2D eigenvalue weighted by atomic mass is 9.49. The van der Waals surface area contributed by atoms with E-state index in [9.17, 15) is 9.59 Å². The molecule has 0 bridgehead atoms. The molecule has 2 aliphatic carbocycles. The fourth-order valence-corrected chi connectivity index (χ4v) is 7.70. The van der Waals surface area contributed by atoms with Crippen LogP contribution in [0.3, 0.4) is 0 Å². The quantitative estimate of drug-likeness (QED) is 0.161. The monoisotopic (exact) mass is 568 g/mol. The van der Waals surface area contributed by atoms with Gasteiger partial charge in [-0.3, -0.25) is 9.59 Å². The van der Waals surface area contributed by atoms with E-state index in [0.29, 0.717) is 34.8 Å². The van der Waals surface area contributed by atoms with Gasteiger partial charge in [0.1, 0.15) is 17.8 Å². The van der Waals surface area contributed by atoms with Gasteiger partial charge >= 0.3 is 0 Å². The zero-order valence-corrected chi connectivity index (χ0v) is 25.5. The van der Waals surface area contributed by atoms with E-state index in [4.69, 9.17) is 15.1 Å². The highest BCUT2D eigenvalue weighted by Gasteiger charge is 2.59. The number of benzene rings is 1. The van der Waals surface area contributed by atoms with Crippen LogP contribution in [0.25, 0.3) is 5.57 Å². The summed E-state index contributed by atoms with van der Waals surface area (Å²) in [4.78, 5) is 30.7. The minimum Gasteiger partial charge on any atom is -0.387 e. The van der Waals surface area contributed by atoms with Gasteiger partial charge in [-0.2, -0.15) is 0 Å². The van der Waals surface area contributed by atoms with Crippen LogP contribution in [0.1, 0.15) is 97.3 Å². The van der Waals surface area contributed by atoms with Crippen molar-refractivity contribution >= 4 is 30.2 Å². The van der Waals surface area contributed by atoms with Gasteiger partial charge in [-0.25, -0.2) is 4.98 Å². The molecule has 2 aromatic rings. The van der Waals surface area contributed by atoms with Crippen LogP contribution in [0.4, 0.5) is 5.82 Å². The molecule has 5 rings (SSSR count). The minimum atomic E-state index is 0.0667. The minimum absolute atomic E-state index is 0.0667. The molecular weight excluding hydrogens is 524 g/mol. The maximum Gasteiger partial charge on any atom is 0.169 e. The van der Waals surface area contributed by atoms with E-state index < -0.39 is 0 Å². The highest BCUT2D eigenvalue weighted by molar-refractivity contribution is 6.11. The Morgan fingerprint density at radius 3 is 2.74 bits per heavy atom. The molecule has 7 heteroatoms. The Labute approximate surface area is 250 Å². The first-order valence-electron chi connectivity index (χ1n) is 15.4. The Morgan fingerprint density at radius 2 is 2.02 bits per heavy atom. The number of allylic oxidation sites excluding steroid dienone is 2. The number of nitrogens with zero attached hydrogens (tertiary/aromatic N) is 2. The van der Waals surface area contributed by atoms with Gasteiger partial charge in [0.05, 0.1) is 6.10 Å². The molecule has 2 N–H and O–H groups in total. The fourth-order valence-electron chi connectivity index (χ4n) is 7.70. The van der Waals surface area contributed by atoms with Gasteiger partial charge in [-0.15, -0.1) is 0 Å². The summed E-state index contributed by atoms with van der Waals surface area (Å²) >= 11 is 0. The van der Waals surface area contributed by atoms with Gasteiger partial charge in [-0.1, -0.05) is 57.0 Å². The summed E-state index contributed by atoms with van der Waals surface area (Å²) in [6.07, 6.45) is 11.8. The SMILES string of the molecule is CCCOC1C=C2C(C)(CCC)CC2(CN/C(C)=C(\C=N)c2ccc(N3CCc4cccc(C=O)c4C3)nc2C=O)C1. The molecule has 1 aromatic carbocycles. The van der Waals surface area contributed by atoms with Crippen molar-refractivity contribution in [2.75, 3.05) is 24.6 Å². The standard InChI is InChI=1S/C35H44N4O3/c1-5-13-34(4)22-35(17-27(16-32(34)35)42-15-6-2)23-37-24(3)29(18-36)28-10-11-33(38-31(28)21-41)39-14-12-25-8-7-9-26(20-40)30(25)19-39/h7-11,16,18,20-21,27,36-37H,5-6,12-15,17,19,22-23H2,1-4H3/b29-24+,36-18?. The third-order valence-corrected chi connectivity index (χ3v) is 9.54. The van der Waals surface area contributed by atoms with Crippen molar-refractivity contribution in [2.24, 2.45) is 10.8 Å². The van der Waals surface area contributed by atoms with Gasteiger partial charge in [0.25, 0.3) is 0 Å². The average molecular weight is 569 g/mol. The molecule has 1 aliphatic heterocycles. The van der Waals surface area contributed by atoms with Crippen LogP contribution >= 0.6 is 0 Å². The molecule has 0 amide bonds. The molecule has 0 saturated heterocycles. The Bertz CT molecular complexity index is 1430. The average Bonchev–Trinajstić information content (AvgIpc) is 3.32. The van der Waals surface area contributed by atoms with Crippen LogP contribution in [0.5, 0.6) is 0 Å². The molecule has 222 valence electrons. The summed E-state index contributed by atoms with van der Waals surface area (Å²) in [5.41, 5.74) is 7.21. The zero-order valence-electron chi connectivity index (χ0n) is 25.5. The lowest BCUT2D eigenvalue weighted by Crippen LogP contribution is -2.51. The summed E-state index contributed by atoms with van der Waals surface area (Å²) in [5.74, 6) is 0.699. The summed E-state index contributed by atoms with van der Waals surface area (Å²) in [6.45, 7) is 11.6. The number of carbonyl (C=O) groups excluding carboxylic acids is 2. The van der Waals surface area contributed by atoms with E-state index in [1.807, 2.05) is 31.2 Å². The van der Waals surface area contributed by atoms with Gasteiger partial charge in [0.2, 0.25) is 0 Å². The second-order valence-corrected chi connectivity index (χ2v) is 12.5. The molecule has 1 fully saturated rings. The number of rotatable bonds is 13. The van der Waals surface area contributed by atoms with E-state index in [0.717, 1.165) is 75.6 Å². The number of hydrogen-bond donors (Lipinski definition) is 2. The van der Waals surface area contributed by atoms with Crippen LogP contribution in [-0.2, 0) is 17.7 Å². The summed E-state index contributed by atoms with van der Waals surface area (Å²) in [6, 6.07) is 9.65. The number of hydrogen-bond acceptors (Lipinski definition) is 7. The Balaban J connectivity index is 1.35. The number of ether oxygens (including phenoxy) is 1. The number of anilines is 1. The van der Waals surface area contributed by atoms with Gasteiger partial charge in [-0.05, 0) is 67.7 Å². The number of carbonyl (C=O) groups is 2. The predicted molar refractivity (Wildman–Crippen MR) is 168 cm³/mol. The lowest BCUT2D eigenvalue weighted by Gasteiger charge is -2.56. The summed E-state index contributed by atoms with van der Waals surface area (Å²) in [5, 5.41) is 11.9. The molecule has 3 aliphatic rings. The van der Waals surface area contributed by atoms with Gasteiger partial charge in [0.15, 0.2) is 6.29 Å². The number of nitrogens with one attached hydrogen (secondary N) is 2. The number of aromatic nitrogens is 1. The predicted octanol–water partition coefficient (Wildman–Crippen LogP) is 6.56. The molecule has 2 heterocycles. The smallest absolute Gasteiger partial charge is 0.169 e. The zero-order chi connectivity index (χ0) is 29.9. The number of pyridine rings is 1.